The van der Waals surface area contributed by atoms with E-state index in [2.05, 4.69) is 0 Å². The molecule has 1 aromatic carbocycles. The van der Waals surface area contributed by atoms with Crippen LogP contribution < -0.4 is 5.73 Å². The molecular formula is C10H7F6NO2. The van der Waals surface area contributed by atoms with Crippen molar-refractivity contribution >= 4 is 5.97 Å². The Morgan fingerprint density at radius 1 is 1.26 bits per heavy atom. The Morgan fingerprint density at radius 2 is 1.79 bits per heavy atom. The molecule has 0 spiro atoms. The van der Waals surface area contributed by atoms with Crippen LogP contribution in [0.2, 0.25) is 0 Å². The van der Waals surface area contributed by atoms with Crippen molar-refractivity contribution in [3.63, 3.8) is 0 Å². The second-order valence-corrected chi connectivity index (χ2v) is 3.66. The van der Waals surface area contributed by atoms with Gasteiger partial charge in [0.05, 0.1) is 5.56 Å². The molecule has 1 rings (SSSR count). The summed E-state index contributed by atoms with van der Waals surface area (Å²) in [6.45, 7) is 0. The number of carboxylic acids is 1. The Balaban J connectivity index is 3.31. The summed E-state index contributed by atoms with van der Waals surface area (Å²) in [5, 5.41) is 8.43. The summed E-state index contributed by atoms with van der Waals surface area (Å²) in [5.41, 5.74) is 1.74. The molecule has 0 aliphatic rings. The molecule has 19 heavy (non-hydrogen) atoms. The molecule has 0 saturated carbocycles. The van der Waals surface area contributed by atoms with Gasteiger partial charge >= 0.3 is 12.1 Å². The number of rotatable bonds is 3. The lowest BCUT2D eigenvalue weighted by molar-refractivity contribution is -0.141. The standard InChI is InChI=1S/C10H7F6NO2/c11-5-2-4(10(14,15)16)8(13)7(12)3(5)1-6(17)9(18)19/h2,6H,1,17H2,(H,18,19). The monoisotopic (exact) mass is 287 g/mol. The molecule has 9 heteroatoms. The molecule has 0 aliphatic carbocycles. The first-order chi connectivity index (χ1) is 8.55. The highest BCUT2D eigenvalue weighted by Crippen LogP contribution is 2.34. The molecule has 0 radical (unpaired) electrons. The van der Waals surface area contributed by atoms with E-state index in [1.54, 1.807) is 0 Å². The third kappa shape index (κ3) is 3.16. The Morgan fingerprint density at radius 3 is 2.21 bits per heavy atom. The van der Waals surface area contributed by atoms with Crippen LogP contribution in [-0.2, 0) is 17.4 Å². The fourth-order valence-electron chi connectivity index (χ4n) is 1.33. The van der Waals surface area contributed by atoms with E-state index in [-0.39, 0.29) is 6.07 Å². The topological polar surface area (TPSA) is 63.3 Å². The molecule has 0 fully saturated rings. The van der Waals surface area contributed by atoms with Crippen LogP contribution in [-0.4, -0.2) is 17.1 Å². The molecule has 0 bridgehead atoms. The molecule has 0 saturated heterocycles. The molecule has 3 nitrogen and oxygen atoms in total. The fourth-order valence-corrected chi connectivity index (χ4v) is 1.33. The first-order valence-corrected chi connectivity index (χ1v) is 4.77. The number of benzene rings is 1. The summed E-state index contributed by atoms with van der Waals surface area (Å²) in [6.07, 6.45) is -6.23. The van der Waals surface area contributed by atoms with E-state index in [0.717, 1.165) is 0 Å². The number of nitrogens with two attached hydrogens (primary N) is 1. The number of aliphatic carboxylic acids is 1. The van der Waals surface area contributed by atoms with Crippen molar-refractivity contribution in [2.75, 3.05) is 0 Å². The lowest BCUT2D eigenvalue weighted by Crippen LogP contribution is -2.33. The van der Waals surface area contributed by atoms with Crippen LogP contribution >= 0.6 is 0 Å². The normalized spacial score (nSPS) is 13.4. The molecule has 0 aliphatic heterocycles. The van der Waals surface area contributed by atoms with Crippen molar-refractivity contribution in [2.45, 2.75) is 18.6 Å². The third-order valence-electron chi connectivity index (χ3n) is 2.30. The van der Waals surface area contributed by atoms with Gasteiger partial charge in [0.2, 0.25) is 0 Å². The zero-order chi connectivity index (χ0) is 15.0. The minimum Gasteiger partial charge on any atom is -0.480 e. The first kappa shape index (κ1) is 15.3. The van der Waals surface area contributed by atoms with Gasteiger partial charge in [0.15, 0.2) is 11.6 Å². The average molecular weight is 287 g/mol. The summed E-state index contributed by atoms with van der Waals surface area (Å²) in [6, 6.07) is -2.00. The summed E-state index contributed by atoms with van der Waals surface area (Å²) in [5.74, 6) is -7.72. The maximum Gasteiger partial charge on any atom is 0.419 e. The molecule has 106 valence electrons. The molecule has 3 N–H and O–H groups in total. The Labute approximate surface area is 102 Å². The Kier molecular flexibility index (Phi) is 4.09. The van der Waals surface area contributed by atoms with Gasteiger partial charge in [-0.05, 0) is 6.07 Å². The summed E-state index contributed by atoms with van der Waals surface area (Å²) in [4.78, 5) is 10.4. The summed E-state index contributed by atoms with van der Waals surface area (Å²) in [7, 11) is 0. The zero-order valence-corrected chi connectivity index (χ0v) is 9.06. The van der Waals surface area contributed by atoms with Crippen molar-refractivity contribution in [1.29, 1.82) is 0 Å². The minimum atomic E-state index is -5.26. The van der Waals surface area contributed by atoms with Gasteiger partial charge in [-0.3, -0.25) is 4.79 Å². The predicted octanol–water partition coefficient (Wildman–Crippen LogP) is 2.08. The van der Waals surface area contributed by atoms with E-state index >= 15 is 0 Å². The van der Waals surface area contributed by atoms with E-state index < -0.39 is 53.2 Å². The SMILES string of the molecule is NC(Cc1c(F)cc(C(F)(F)F)c(F)c1F)C(=O)O. The first-order valence-electron chi connectivity index (χ1n) is 4.77. The van der Waals surface area contributed by atoms with Crippen molar-refractivity contribution < 1.29 is 36.2 Å². The average Bonchev–Trinajstić information content (AvgIpc) is 2.27. The predicted molar refractivity (Wildman–Crippen MR) is 50.6 cm³/mol. The van der Waals surface area contributed by atoms with Gasteiger partial charge in [0.25, 0.3) is 0 Å². The zero-order valence-electron chi connectivity index (χ0n) is 9.06. The highest BCUT2D eigenvalue weighted by Gasteiger charge is 2.37. The number of alkyl halides is 3. The summed E-state index contributed by atoms with van der Waals surface area (Å²) >= 11 is 0. The number of carboxylic acid groups (broad SMARTS) is 1. The molecule has 1 unspecified atom stereocenters. The van der Waals surface area contributed by atoms with Crippen molar-refractivity contribution in [2.24, 2.45) is 5.73 Å². The van der Waals surface area contributed by atoms with Gasteiger partial charge in [0, 0.05) is 12.0 Å². The van der Waals surface area contributed by atoms with Crippen molar-refractivity contribution in [1.82, 2.24) is 0 Å². The lowest BCUT2D eigenvalue weighted by Gasteiger charge is -2.13. The van der Waals surface area contributed by atoms with Gasteiger partial charge in [-0.2, -0.15) is 13.2 Å². The van der Waals surface area contributed by atoms with E-state index in [9.17, 15) is 31.1 Å². The number of carbonyl (C=O) groups is 1. The third-order valence-corrected chi connectivity index (χ3v) is 2.30. The number of halogens is 6. The maximum absolute atomic E-state index is 13.3. The van der Waals surface area contributed by atoms with Crippen LogP contribution in [0.25, 0.3) is 0 Å². The van der Waals surface area contributed by atoms with Crippen LogP contribution in [0.3, 0.4) is 0 Å². The molecule has 1 atom stereocenters. The smallest absolute Gasteiger partial charge is 0.419 e. The second kappa shape index (κ2) is 5.08. The molecule has 0 aromatic heterocycles. The van der Waals surface area contributed by atoms with Gasteiger partial charge in [-0.25, -0.2) is 13.2 Å². The maximum atomic E-state index is 13.3. The van der Waals surface area contributed by atoms with Gasteiger partial charge in [0.1, 0.15) is 11.9 Å². The largest absolute Gasteiger partial charge is 0.480 e. The van der Waals surface area contributed by atoms with Gasteiger partial charge in [-0.15, -0.1) is 0 Å². The van der Waals surface area contributed by atoms with E-state index in [4.69, 9.17) is 10.8 Å². The lowest BCUT2D eigenvalue weighted by atomic mass is 10.0. The molecule has 0 heterocycles. The quantitative estimate of drug-likeness (QED) is 0.661. The highest BCUT2D eigenvalue weighted by molar-refractivity contribution is 5.73. The van der Waals surface area contributed by atoms with E-state index in [1.165, 1.54) is 0 Å². The van der Waals surface area contributed by atoms with Crippen LogP contribution in [0.5, 0.6) is 0 Å². The van der Waals surface area contributed by atoms with E-state index in [1.807, 2.05) is 0 Å². The number of hydrogen-bond acceptors (Lipinski definition) is 2. The fraction of sp³-hybridized carbons (Fsp3) is 0.300. The van der Waals surface area contributed by atoms with Crippen molar-refractivity contribution in [3.05, 3.63) is 34.6 Å². The highest BCUT2D eigenvalue weighted by atomic mass is 19.4. The van der Waals surface area contributed by atoms with Crippen LogP contribution in [0.4, 0.5) is 26.3 Å². The summed E-state index contributed by atoms with van der Waals surface area (Å²) < 4.78 is 76.5. The Hall–Kier alpha value is -1.77. The van der Waals surface area contributed by atoms with Crippen LogP contribution in [0, 0.1) is 17.5 Å². The molecule has 0 amide bonds. The van der Waals surface area contributed by atoms with Crippen molar-refractivity contribution in [3.8, 4) is 0 Å². The second-order valence-electron chi connectivity index (χ2n) is 3.66. The van der Waals surface area contributed by atoms with Crippen LogP contribution in [0.15, 0.2) is 6.07 Å². The van der Waals surface area contributed by atoms with Crippen LogP contribution in [0.1, 0.15) is 11.1 Å². The molecular weight excluding hydrogens is 280 g/mol. The Bertz CT molecular complexity index is 514. The van der Waals surface area contributed by atoms with Gasteiger partial charge in [-0.1, -0.05) is 0 Å². The minimum absolute atomic E-state index is 0.234. The molecule has 1 aromatic rings. The van der Waals surface area contributed by atoms with Gasteiger partial charge < -0.3 is 10.8 Å². The van der Waals surface area contributed by atoms with E-state index in [0.29, 0.717) is 0 Å². The number of hydrogen-bond donors (Lipinski definition) is 2.